The molecular formula is C12H8ClF3N2O3S. The van der Waals surface area contributed by atoms with Gasteiger partial charge in [0.25, 0.3) is 10.9 Å². The van der Waals surface area contributed by atoms with E-state index in [-0.39, 0.29) is 10.1 Å². The largest absolute Gasteiger partial charge is 0.436 e. The Kier molecular flexibility index (Phi) is 4.39. The Morgan fingerprint density at radius 2 is 2.00 bits per heavy atom. The van der Waals surface area contributed by atoms with Crippen LogP contribution in [0.4, 0.5) is 18.9 Å². The number of nitro benzene ring substituents is 1. The molecule has 0 amide bonds. The number of nitro groups is 1. The zero-order valence-corrected chi connectivity index (χ0v) is 12.8. The van der Waals surface area contributed by atoms with E-state index in [1.165, 1.54) is 0 Å². The highest BCUT2D eigenvalue weighted by Gasteiger charge is 2.36. The maximum atomic E-state index is 12.8. The third-order valence-electron chi connectivity index (χ3n) is 2.76. The molecule has 0 aliphatic carbocycles. The highest BCUT2D eigenvalue weighted by Crippen LogP contribution is 2.43. The number of aryl methyl sites for hydroxylation is 2. The molecule has 0 fully saturated rings. The number of benzene rings is 1. The Bertz CT molecular complexity index is 726. The molecule has 0 N–H and O–H groups in total. The Morgan fingerprint density at radius 1 is 1.36 bits per heavy atom. The fraction of sp³-hybridized carbons (Fsp3) is 0.250. The van der Waals surface area contributed by atoms with Gasteiger partial charge < -0.3 is 4.42 Å². The summed E-state index contributed by atoms with van der Waals surface area (Å²) in [6.45, 7) is 3.33. The number of hydrogen-bond acceptors (Lipinski definition) is 5. The second kappa shape index (κ2) is 5.81. The van der Waals surface area contributed by atoms with Crippen LogP contribution in [-0.2, 0) is 6.18 Å². The molecule has 5 nitrogen and oxygen atoms in total. The van der Waals surface area contributed by atoms with E-state index in [2.05, 4.69) is 4.98 Å². The molecule has 0 aliphatic heterocycles. The summed E-state index contributed by atoms with van der Waals surface area (Å²) < 4.78 is 43.5. The Morgan fingerprint density at radius 3 is 2.45 bits per heavy atom. The molecule has 0 saturated heterocycles. The topological polar surface area (TPSA) is 69.2 Å². The molecule has 0 aliphatic rings. The predicted molar refractivity (Wildman–Crippen MR) is 73.2 cm³/mol. The van der Waals surface area contributed by atoms with Crippen molar-refractivity contribution in [1.29, 1.82) is 0 Å². The molecule has 1 heterocycles. The highest BCUT2D eigenvalue weighted by atomic mass is 35.5. The van der Waals surface area contributed by atoms with Gasteiger partial charge >= 0.3 is 6.18 Å². The third kappa shape index (κ3) is 3.36. The summed E-state index contributed by atoms with van der Waals surface area (Å²) in [6.07, 6.45) is -4.78. The second-order valence-corrected chi connectivity index (χ2v) is 5.68. The van der Waals surface area contributed by atoms with Crippen molar-refractivity contribution in [2.45, 2.75) is 30.1 Å². The lowest BCUT2D eigenvalue weighted by molar-refractivity contribution is -0.388. The monoisotopic (exact) mass is 352 g/mol. The molecule has 0 bridgehead atoms. The second-order valence-electron chi connectivity index (χ2n) is 4.28. The van der Waals surface area contributed by atoms with Crippen LogP contribution in [0.3, 0.4) is 0 Å². The lowest BCUT2D eigenvalue weighted by atomic mass is 10.2. The fourth-order valence-electron chi connectivity index (χ4n) is 1.57. The van der Waals surface area contributed by atoms with Crippen molar-refractivity contribution < 1.29 is 22.5 Å². The van der Waals surface area contributed by atoms with Gasteiger partial charge in [0, 0.05) is 6.07 Å². The van der Waals surface area contributed by atoms with Crippen molar-refractivity contribution in [3.63, 3.8) is 0 Å². The van der Waals surface area contributed by atoms with Crippen LogP contribution < -0.4 is 0 Å². The summed E-state index contributed by atoms with van der Waals surface area (Å²) in [5.74, 6) is 0.517. The maximum absolute atomic E-state index is 12.8. The maximum Gasteiger partial charge on any atom is 0.418 e. The molecule has 118 valence electrons. The fourth-order valence-corrected chi connectivity index (χ4v) is 2.85. The van der Waals surface area contributed by atoms with E-state index in [1.807, 2.05) is 0 Å². The van der Waals surface area contributed by atoms with Crippen LogP contribution in [0.5, 0.6) is 0 Å². The van der Waals surface area contributed by atoms with Crippen LogP contribution in [0, 0.1) is 24.0 Å². The van der Waals surface area contributed by atoms with E-state index in [1.54, 1.807) is 13.8 Å². The van der Waals surface area contributed by atoms with Gasteiger partial charge in [0.1, 0.15) is 5.76 Å². The van der Waals surface area contributed by atoms with E-state index in [4.69, 9.17) is 16.0 Å². The summed E-state index contributed by atoms with van der Waals surface area (Å²) in [4.78, 5) is 14.0. The number of alkyl halides is 3. The first-order valence-electron chi connectivity index (χ1n) is 5.76. The number of hydrogen-bond donors (Lipinski definition) is 0. The van der Waals surface area contributed by atoms with Gasteiger partial charge in [0.05, 0.1) is 26.1 Å². The van der Waals surface area contributed by atoms with Gasteiger partial charge in [-0.2, -0.15) is 13.2 Å². The van der Waals surface area contributed by atoms with Crippen molar-refractivity contribution in [2.24, 2.45) is 0 Å². The molecule has 2 rings (SSSR count). The lowest BCUT2D eigenvalue weighted by Crippen LogP contribution is -2.07. The van der Waals surface area contributed by atoms with Gasteiger partial charge in [-0.15, -0.1) is 0 Å². The average molecular weight is 353 g/mol. The molecule has 0 unspecified atom stereocenters. The normalized spacial score (nSPS) is 11.7. The molecule has 1 aromatic heterocycles. The van der Waals surface area contributed by atoms with E-state index < -0.39 is 27.4 Å². The van der Waals surface area contributed by atoms with E-state index in [0.717, 1.165) is 17.8 Å². The van der Waals surface area contributed by atoms with Crippen LogP contribution >= 0.6 is 23.4 Å². The first-order valence-corrected chi connectivity index (χ1v) is 6.96. The minimum absolute atomic E-state index is 0.0794. The Labute approximate surface area is 131 Å². The van der Waals surface area contributed by atoms with E-state index >= 15 is 0 Å². The molecular weight excluding hydrogens is 345 g/mol. The minimum atomic E-state index is -4.78. The average Bonchev–Trinajstić information content (AvgIpc) is 2.66. The lowest BCUT2D eigenvalue weighted by Gasteiger charge is -2.10. The van der Waals surface area contributed by atoms with Crippen LogP contribution in [0.25, 0.3) is 0 Å². The molecule has 1 aromatic carbocycles. The third-order valence-corrected chi connectivity index (χ3v) is 3.97. The zero-order valence-electron chi connectivity index (χ0n) is 11.2. The summed E-state index contributed by atoms with van der Waals surface area (Å²) in [5.41, 5.74) is -1.39. The molecule has 22 heavy (non-hydrogen) atoms. The molecule has 10 heteroatoms. The van der Waals surface area contributed by atoms with Gasteiger partial charge in [-0.05, 0) is 31.7 Å². The smallest absolute Gasteiger partial charge is 0.418 e. The SMILES string of the molecule is Cc1nc(Sc2cc(Cl)c(C(F)(F)F)cc2[N+](=O)[O-])oc1C. The van der Waals surface area contributed by atoms with Crippen LogP contribution in [-0.4, -0.2) is 9.91 Å². The quantitative estimate of drug-likeness (QED) is 0.572. The minimum Gasteiger partial charge on any atom is -0.436 e. The summed E-state index contributed by atoms with van der Waals surface area (Å²) in [6, 6.07) is 1.30. The zero-order chi connectivity index (χ0) is 16.7. The van der Waals surface area contributed by atoms with Gasteiger partial charge in [-0.25, -0.2) is 4.98 Å². The molecule has 0 spiro atoms. The predicted octanol–water partition coefficient (Wildman–Crippen LogP) is 5.02. The Balaban J connectivity index is 2.51. The van der Waals surface area contributed by atoms with Gasteiger partial charge in [0.15, 0.2) is 0 Å². The van der Waals surface area contributed by atoms with E-state index in [9.17, 15) is 23.3 Å². The van der Waals surface area contributed by atoms with Crippen LogP contribution in [0.2, 0.25) is 5.02 Å². The number of nitrogens with zero attached hydrogens (tertiary/aromatic N) is 2. The van der Waals surface area contributed by atoms with Gasteiger partial charge in [0.2, 0.25) is 0 Å². The van der Waals surface area contributed by atoms with Crippen molar-refractivity contribution in [3.8, 4) is 0 Å². The number of aromatic nitrogens is 1. The molecule has 2 aromatic rings. The molecule has 0 saturated carbocycles. The summed E-state index contributed by atoms with van der Waals surface area (Å²) in [5, 5.41) is 10.5. The van der Waals surface area contributed by atoms with Crippen LogP contribution in [0.15, 0.2) is 26.7 Å². The van der Waals surface area contributed by atoms with Gasteiger partial charge in [-0.1, -0.05) is 11.6 Å². The molecule has 0 atom stereocenters. The van der Waals surface area contributed by atoms with Crippen molar-refractivity contribution in [1.82, 2.24) is 4.98 Å². The first kappa shape index (κ1) is 16.6. The number of halogens is 4. The molecule has 0 radical (unpaired) electrons. The van der Waals surface area contributed by atoms with Crippen molar-refractivity contribution >= 4 is 29.1 Å². The highest BCUT2D eigenvalue weighted by molar-refractivity contribution is 7.99. The number of oxazole rings is 1. The van der Waals surface area contributed by atoms with E-state index in [0.29, 0.717) is 17.5 Å². The summed E-state index contributed by atoms with van der Waals surface area (Å²) in [7, 11) is 0. The summed E-state index contributed by atoms with van der Waals surface area (Å²) >= 11 is 6.33. The number of rotatable bonds is 3. The first-order chi connectivity index (χ1) is 10.1. The van der Waals surface area contributed by atoms with Crippen molar-refractivity contribution in [2.75, 3.05) is 0 Å². The van der Waals surface area contributed by atoms with Gasteiger partial charge in [-0.3, -0.25) is 10.1 Å². The van der Waals surface area contributed by atoms with Crippen molar-refractivity contribution in [3.05, 3.63) is 44.3 Å². The Hall–Kier alpha value is -1.74. The standard InChI is InChI=1S/C12H8ClF3N2O3S/c1-5-6(2)21-11(17-5)22-10-4-8(13)7(12(14,15)16)3-9(10)18(19)20/h3-4H,1-2H3. The van der Waals surface area contributed by atoms with Crippen LogP contribution in [0.1, 0.15) is 17.0 Å².